The molecule has 0 amide bonds. The summed E-state index contributed by atoms with van der Waals surface area (Å²) in [6.07, 6.45) is 6.66. The van der Waals surface area contributed by atoms with Crippen molar-refractivity contribution in [3.8, 4) is 0 Å². The third kappa shape index (κ3) is 3.35. The van der Waals surface area contributed by atoms with Crippen LogP contribution in [-0.2, 0) is 6.54 Å². The molecular weight excluding hydrogens is 262 g/mol. The Kier molecular flexibility index (Phi) is 4.96. The first-order chi connectivity index (χ1) is 9.26. The summed E-state index contributed by atoms with van der Waals surface area (Å²) >= 11 is 5.93. The van der Waals surface area contributed by atoms with Crippen molar-refractivity contribution in [2.45, 2.75) is 46.1 Å². The molecule has 2 rings (SSSR count). The minimum absolute atomic E-state index is 0.241. The first-order valence-electron chi connectivity index (χ1n) is 6.88. The van der Waals surface area contributed by atoms with E-state index in [4.69, 9.17) is 11.6 Å². The summed E-state index contributed by atoms with van der Waals surface area (Å²) in [5.41, 5.74) is 1.58. The number of aryl methyl sites for hydroxylation is 1. The van der Waals surface area contributed by atoms with Gasteiger partial charge in [0.15, 0.2) is 11.5 Å². The van der Waals surface area contributed by atoms with Crippen molar-refractivity contribution in [3.05, 3.63) is 11.6 Å². The van der Waals surface area contributed by atoms with Gasteiger partial charge in [0.25, 0.3) is 0 Å². The van der Waals surface area contributed by atoms with Gasteiger partial charge >= 0.3 is 0 Å². The van der Waals surface area contributed by atoms with Crippen molar-refractivity contribution in [1.82, 2.24) is 19.5 Å². The number of rotatable bonds is 7. The van der Waals surface area contributed by atoms with Gasteiger partial charge in [-0.05, 0) is 24.9 Å². The molecule has 0 radical (unpaired) electrons. The smallest absolute Gasteiger partial charge is 0.226 e. The van der Waals surface area contributed by atoms with Gasteiger partial charge in [0, 0.05) is 13.1 Å². The van der Waals surface area contributed by atoms with E-state index in [0.717, 1.165) is 30.8 Å². The first kappa shape index (κ1) is 14.1. The monoisotopic (exact) mass is 281 g/mol. The van der Waals surface area contributed by atoms with E-state index in [1.54, 1.807) is 6.33 Å². The average molecular weight is 282 g/mol. The van der Waals surface area contributed by atoms with Crippen LogP contribution < -0.4 is 5.32 Å². The predicted molar refractivity (Wildman–Crippen MR) is 78.6 cm³/mol. The van der Waals surface area contributed by atoms with Crippen LogP contribution in [0.2, 0.25) is 5.28 Å². The summed E-state index contributed by atoms with van der Waals surface area (Å²) in [7, 11) is 0. The van der Waals surface area contributed by atoms with E-state index in [1.807, 2.05) is 4.57 Å². The molecule has 2 aromatic rings. The Morgan fingerprint density at radius 2 is 2.05 bits per heavy atom. The van der Waals surface area contributed by atoms with Gasteiger partial charge in [0.05, 0.1) is 6.33 Å². The van der Waals surface area contributed by atoms with Crippen LogP contribution in [0.25, 0.3) is 11.2 Å². The second-order valence-corrected chi connectivity index (χ2v) is 4.87. The van der Waals surface area contributed by atoms with Gasteiger partial charge in [0.2, 0.25) is 5.28 Å². The van der Waals surface area contributed by atoms with Crippen LogP contribution in [0.1, 0.15) is 39.5 Å². The molecular formula is C13H20ClN5. The Balaban J connectivity index is 2.14. The van der Waals surface area contributed by atoms with Crippen molar-refractivity contribution in [2.75, 3.05) is 11.9 Å². The van der Waals surface area contributed by atoms with Crippen molar-refractivity contribution in [3.63, 3.8) is 0 Å². The van der Waals surface area contributed by atoms with E-state index in [9.17, 15) is 0 Å². The van der Waals surface area contributed by atoms with E-state index >= 15 is 0 Å². The van der Waals surface area contributed by atoms with Gasteiger partial charge in [0.1, 0.15) is 5.52 Å². The SMILES string of the molecule is CCCCCCNc1nc(Cl)nc2ncn(CC)c12. The molecule has 0 aliphatic carbocycles. The number of halogens is 1. The van der Waals surface area contributed by atoms with E-state index in [-0.39, 0.29) is 5.28 Å². The molecule has 0 aliphatic heterocycles. The summed E-state index contributed by atoms with van der Waals surface area (Å²) in [4.78, 5) is 12.7. The third-order valence-corrected chi connectivity index (χ3v) is 3.28. The van der Waals surface area contributed by atoms with Gasteiger partial charge in [-0.1, -0.05) is 26.2 Å². The Hall–Kier alpha value is -1.36. The van der Waals surface area contributed by atoms with E-state index in [2.05, 4.69) is 34.1 Å². The topological polar surface area (TPSA) is 55.6 Å². The second kappa shape index (κ2) is 6.70. The van der Waals surface area contributed by atoms with E-state index in [0.29, 0.717) is 5.65 Å². The number of aromatic nitrogens is 4. The predicted octanol–water partition coefficient (Wildman–Crippen LogP) is 3.49. The minimum Gasteiger partial charge on any atom is -0.368 e. The number of fused-ring (bicyclic) bond motifs is 1. The number of hydrogen-bond acceptors (Lipinski definition) is 4. The molecule has 5 nitrogen and oxygen atoms in total. The summed E-state index contributed by atoms with van der Waals surface area (Å²) < 4.78 is 2.03. The average Bonchev–Trinajstić information content (AvgIpc) is 2.81. The maximum atomic E-state index is 5.93. The van der Waals surface area contributed by atoms with Crippen molar-refractivity contribution in [2.24, 2.45) is 0 Å². The Labute approximate surface area is 118 Å². The summed E-state index contributed by atoms with van der Waals surface area (Å²) in [5.74, 6) is 0.783. The number of imidazole rings is 1. The van der Waals surface area contributed by atoms with Gasteiger partial charge in [-0.25, -0.2) is 4.98 Å². The Morgan fingerprint density at radius 3 is 2.79 bits per heavy atom. The zero-order valence-corrected chi connectivity index (χ0v) is 12.2. The number of anilines is 1. The summed E-state index contributed by atoms with van der Waals surface area (Å²) in [5, 5.41) is 3.59. The maximum absolute atomic E-state index is 5.93. The molecule has 104 valence electrons. The lowest BCUT2D eigenvalue weighted by Gasteiger charge is -2.08. The number of nitrogens with zero attached hydrogens (tertiary/aromatic N) is 4. The zero-order valence-electron chi connectivity index (χ0n) is 11.5. The van der Waals surface area contributed by atoms with Gasteiger partial charge in [-0.3, -0.25) is 0 Å². The van der Waals surface area contributed by atoms with Crippen LogP contribution in [-0.4, -0.2) is 26.1 Å². The van der Waals surface area contributed by atoms with Crippen LogP contribution >= 0.6 is 11.6 Å². The van der Waals surface area contributed by atoms with Gasteiger partial charge in [-0.2, -0.15) is 9.97 Å². The van der Waals surface area contributed by atoms with Crippen LogP contribution in [0.5, 0.6) is 0 Å². The molecule has 0 bridgehead atoms. The third-order valence-electron chi connectivity index (χ3n) is 3.11. The number of nitrogens with one attached hydrogen (secondary N) is 1. The normalized spacial score (nSPS) is 11.1. The van der Waals surface area contributed by atoms with Crippen molar-refractivity contribution in [1.29, 1.82) is 0 Å². The summed E-state index contributed by atoms with van der Waals surface area (Å²) in [6.45, 7) is 6.02. The fourth-order valence-electron chi connectivity index (χ4n) is 2.07. The molecule has 2 aromatic heterocycles. The number of hydrogen-bond donors (Lipinski definition) is 1. The Morgan fingerprint density at radius 1 is 1.21 bits per heavy atom. The lowest BCUT2D eigenvalue weighted by Crippen LogP contribution is -2.07. The van der Waals surface area contributed by atoms with Crippen molar-refractivity contribution >= 4 is 28.6 Å². The second-order valence-electron chi connectivity index (χ2n) is 4.53. The highest BCUT2D eigenvalue weighted by atomic mass is 35.5. The molecule has 0 atom stereocenters. The largest absolute Gasteiger partial charge is 0.368 e. The molecule has 0 aromatic carbocycles. The lowest BCUT2D eigenvalue weighted by atomic mass is 10.2. The highest BCUT2D eigenvalue weighted by Crippen LogP contribution is 2.21. The zero-order chi connectivity index (χ0) is 13.7. The molecule has 2 heterocycles. The van der Waals surface area contributed by atoms with Crippen LogP contribution in [0.15, 0.2) is 6.33 Å². The quantitative estimate of drug-likeness (QED) is 0.623. The molecule has 0 unspecified atom stereocenters. The minimum atomic E-state index is 0.241. The molecule has 0 saturated carbocycles. The fraction of sp³-hybridized carbons (Fsp3) is 0.615. The Bertz CT molecular complexity index is 537. The van der Waals surface area contributed by atoms with Gasteiger partial charge in [-0.15, -0.1) is 0 Å². The van der Waals surface area contributed by atoms with Crippen LogP contribution in [0.4, 0.5) is 5.82 Å². The van der Waals surface area contributed by atoms with Crippen LogP contribution in [0, 0.1) is 0 Å². The first-order valence-corrected chi connectivity index (χ1v) is 7.26. The highest BCUT2D eigenvalue weighted by molar-refractivity contribution is 6.28. The van der Waals surface area contributed by atoms with E-state index < -0.39 is 0 Å². The lowest BCUT2D eigenvalue weighted by molar-refractivity contribution is 0.684. The molecule has 6 heteroatoms. The molecule has 0 aliphatic rings. The highest BCUT2D eigenvalue weighted by Gasteiger charge is 2.11. The molecule has 0 fully saturated rings. The summed E-state index contributed by atoms with van der Waals surface area (Å²) in [6, 6.07) is 0. The van der Waals surface area contributed by atoms with Gasteiger partial charge < -0.3 is 9.88 Å². The fourth-order valence-corrected chi connectivity index (χ4v) is 2.24. The van der Waals surface area contributed by atoms with Crippen molar-refractivity contribution < 1.29 is 0 Å². The molecule has 0 spiro atoms. The molecule has 1 N–H and O–H groups in total. The van der Waals surface area contributed by atoms with Crippen LogP contribution in [0.3, 0.4) is 0 Å². The molecule has 19 heavy (non-hydrogen) atoms. The molecule has 0 saturated heterocycles. The van der Waals surface area contributed by atoms with E-state index in [1.165, 1.54) is 19.3 Å². The standard InChI is InChI=1S/C13H20ClN5/c1-3-5-6-7-8-15-11-10-12(18-13(14)17-11)16-9-19(10)4-2/h9H,3-8H2,1-2H3,(H,15,17,18). The maximum Gasteiger partial charge on any atom is 0.226 e. The number of unbranched alkanes of at least 4 members (excludes halogenated alkanes) is 3.